The summed E-state index contributed by atoms with van der Waals surface area (Å²) in [5, 5.41) is 4.21. The predicted molar refractivity (Wildman–Crippen MR) is 82.6 cm³/mol. The molecule has 20 heavy (non-hydrogen) atoms. The van der Waals surface area contributed by atoms with Crippen molar-refractivity contribution in [3.63, 3.8) is 0 Å². The van der Waals surface area contributed by atoms with Gasteiger partial charge in [0.1, 0.15) is 0 Å². The van der Waals surface area contributed by atoms with E-state index in [-0.39, 0.29) is 0 Å². The van der Waals surface area contributed by atoms with E-state index >= 15 is 0 Å². The highest BCUT2D eigenvalue weighted by Crippen LogP contribution is 2.04. The third-order valence-corrected chi connectivity index (χ3v) is 3.48. The Morgan fingerprint density at radius 2 is 1.75 bits per heavy atom. The summed E-state index contributed by atoms with van der Waals surface area (Å²) in [5.41, 5.74) is 8.38. The van der Waals surface area contributed by atoms with Crippen molar-refractivity contribution in [2.45, 2.75) is 12.8 Å². The van der Waals surface area contributed by atoms with E-state index < -0.39 is 0 Å². The first-order valence-corrected chi connectivity index (χ1v) is 7.22. The average molecular weight is 272 g/mol. The van der Waals surface area contributed by atoms with Crippen LogP contribution in [0.2, 0.25) is 0 Å². The second-order valence-electron chi connectivity index (χ2n) is 5.14. The molecule has 0 saturated heterocycles. The van der Waals surface area contributed by atoms with Crippen LogP contribution in [0.15, 0.2) is 42.7 Å². The first-order valence-electron chi connectivity index (χ1n) is 7.22. The van der Waals surface area contributed by atoms with Crippen molar-refractivity contribution in [3.05, 3.63) is 53.9 Å². The molecule has 4 heteroatoms. The van der Waals surface area contributed by atoms with E-state index in [0.717, 1.165) is 32.5 Å². The molecule has 2 aromatic rings. The molecule has 0 aliphatic carbocycles. The molecule has 0 amide bonds. The van der Waals surface area contributed by atoms with Gasteiger partial charge in [0.15, 0.2) is 0 Å². The Morgan fingerprint density at radius 3 is 2.35 bits per heavy atom. The average Bonchev–Trinajstić information content (AvgIpc) is 2.89. The molecule has 1 aromatic heterocycles. The Kier molecular flexibility index (Phi) is 5.77. The first kappa shape index (κ1) is 14.8. The molecule has 0 saturated carbocycles. The molecule has 1 aromatic carbocycles. The van der Waals surface area contributed by atoms with Crippen LogP contribution in [0.1, 0.15) is 11.1 Å². The smallest absolute Gasteiger partial charge is 0.0522 e. The van der Waals surface area contributed by atoms with Gasteiger partial charge in [0.25, 0.3) is 0 Å². The van der Waals surface area contributed by atoms with Crippen molar-refractivity contribution in [1.82, 2.24) is 14.7 Å². The lowest BCUT2D eigenvalue weighted by molar-refractivity contribution is 0.288. The number of benzene rings is 1. The van der Waals surface area contributed by atoms with Crippen LogP contribution in [0.4, 0.5) is 0 Å². The number of aryl methyl sites for hydroxylation is 1. The van der Waals surface area contributed by atoms with Crippen LogP contribution in [0.3, 0.4) is 0 Å². The fraction of sp³-hybridized carbons (Fsp3) is 0.438. The summed E-state index contributed by atoms with van der Waals surface area (Å²) in [6, 6.07) is 10.6. The second-order valence-corrected chi connectivity index (χ2v) is 5.14. The van der Waals surface area contributed by atoms with E-state index in [0.29, 0.717) is 6.54 Å². The maximum absolute atomic E-state index is 5.71. The number of hydrogen-bond acceptors (Lipinski definition) is 3. The summed E-state index contributed by atoms with van der Waals surface area (Å²) in [5.74, 6) is 0. The topological polar surface area (TPSA) is 47.1 Å². The second kappa shape index (κ2) is 7.82. The quantitative estimate of drug-likeness (QED) is 0.791. The minimum absolute atomic E-state index is 0.710. The maximum atomic E-state index is 5.71. The van der Waals surface area contributed by atoms with Gasteiger partial charge in [-0.05, 0) is 24.0 Å². The summed E-state index contributed by atoms with van der Waals surface area (Å²) >= 11 is 0. The fourth-order valence-corrected chi connectivity index (χ4v) is 2.34. The zero-order chi connectivity index (χ0) is 14.2. The largest absolute Gasteiger partial charge is 0.329 e. The molecule has 0 aliphatic heterocycles. The molecule has 0 radical (unpaired) electrons. The van der Waals surface area contributed by atoms with Gasteiger partial charge in [-0.2, -0.15) is 5.10 Å². The van der Waals surface area contributed by atoms with Crippen LogP contribution in [0.25, 0.3) is 0 Å². The standard InChI is InChI=1S/C16H24N4/c1-19-14-16(13-18-19)8-11-20(12-9-17)10-7-15-5-3-2-4-6-15/h2-6,13-14H,7-12,17H2,1H3. The summed E-state index contributed by atoms with van der Waals surface area (Å²) in [7, 11) is 1.95. The minimum Gasteiger partial charge on any atom is -0.329 e. The molecule has 0 unspecified atom stereocenters. The first-order chi connectivity index (χ1) is 9.78. The van der Waals surface area contributed by atoms with E-state index in [2.05, 4.69) is 46.5 Å². The zero-order valence-electron chi connectivity index (χ0n) is 12.2. The molecular formula is C16H24N4. The van der Waals surface area contributed by atoms with Gasteiger partial charge in [0.05, 0.1) is 6.20 Å². The SMILES string of the molecule is Cn1cc(CCN(CCN)CCc2ccccc2)cn1. The maximum Gasteiger partial charge on any atom is 0.0522 e. The van der Waals surface area contributed by atoms with Crippen LogP contribution in [-0.2, 0) is 19.9 Å². The van der Waals surface area contributed by atoms with E-state index in [9.17, 15) is 0 Å². The molecule has 0 aliphatic rings. The van der Waals surface area contributed by atoms with Gasteiger partial charge in [-0.1, -0.05) is 30.3 Å². The molecular weight excluding hydrogens is 248 g/mol. The van der Waals surface area contributed by atoms with Gasteiger partial charge in [-0.15, -0.1) is 0 Å². The molecule has 0 atom stereocenters. The third-order valence-electron chi connectivity index (χ3n) is 3.48. The van der Waals surface area contributed by atoms with E-state index in [4.69, 9.17) is 5.73 Å². The number of rotatable bonds is 8. The zero-order valence-corrected chi connectivity index (χ0v) is 12.2. The van der Waals surface area contributed by atoms with Crippen molar-refractivity contribution < 1.29 is 0 Å². The van der Waals surface area contributed by atoms with Crippen LogP contribution in [-0.4, -0.2) is 40.9 Å². The van der Waals surface area contributed by atoms with Crippen molar-refractivity contribution in [3.8, 4) is 0 Å². The third kappa shape index (κ3) is 4.79. The molecule has 0 spiro atoms. The highest BCUT2D eigenvalue weighted by Gasteiger charge is 2.05. The normalized spacial score (nSPS) is 11.2. The molecule has 0 fully saturated rings. The van der Waals surface area contributed by atoms with Crippen molar-refractivity contribution >= 4 is 0 Å². The summed E-state index contributed by atoms with van der Waals surface area (Å²) in [6.07, 6.45) is 6.13. The number of nitrogens with zero attached hydrogens (tertiary/aromatic N) is 3. The minimum atomic E-state index is 0.710. The molecule has 0 bridgehead atoms. The number of aromatic nitrogens is 2. The summed E-state index contributed by atoms with van der Waals surface area (Å²) in [4.78, 5) is 2.43. The predicted octanol–water partition coefficient (Wildman–Crippen LogP) is 1.47. The highest BCUT2D eigenvalue weighted by molar-refractivity contribution is 5.14. The van der Waals surface area contributed by atoms with Crippen molar-refractivity contribution in [1.29, 1.82) is 0 Å². The Balaban J connectivity index is 1.80. The lowest BCUT2D eigenvalue weighted by Gasteiger charge is -2.21. The molecule has 1 heterocycles. The molecule has 4 nitrogen and oxygen atoms in total. The summed E-state index contributed by atoms with van der Waals surface area (Å²) in [6.45, 7) is 3.76. The Morgan fingerprint density at radius 1 is 1.05 bits per heavy atom. The highest BCUT2D eigenvalue weighted by atomic mass is 15.2. The Hall–Kier alpha value is -1.65. The van der Waals surface area contributed by atoms with Crippen LogP contribution < -0.4 is 5.73 Å². The van der Waals surface area contributed by atoms with E-state index in [1.165, 1.54) is 11.1 Å². The van der Waals surface area contributed by atoms with Crippen molar-refractivity contribution in [2.75, 3.05) is 26.2 Å². The number of hydrogen-bond donors (Lipinski definition) is 1. The summed E-state index contributed by atoms with van der Waals surface area (Å²) < 4.78 is 1.85. The van der Waals surface area contributed by atoms with E-state index in [1.807, 2.05) is 17.9 Å². The van der Waals surface area contributed by atoms with Gasteiger partial charge in [-0.3, -0.25) is 4.68 Å². The van der Waals surface area contributed by atoms with Crippen LogP contribution in [0, 0.1) is 0 Å². The van der Waals surface area contributed by atoms with Crippen LogP contribution >= 0.6 is 0 Å². The Bertz CT molecular complexity index is 492. The van der Waals surface area contributed by atoms with Gasteiger partial charge in [-0.25, -0.2) is 0 Å². The van der Waals surface area contributed by atoms with Gasteiger partial charge < -0.3 is 10.6 Å². The van der Waals surface area contributed by atoms with Crippen LogP contribution in [0.5, 0.6) is 0 Å². The molecule has 2 rings (SSSR count). The van der Waals surface area contributed by atoms with Gasteiger partial charge in [0, 0.05) is 39.4 Å². The lowest BCUT2D eigenvalue weighted by atomic mass is 10.1. The lowest BCUT2D eigenvalue weighted by Crippen LogP contribution is -2.33. The molecule has 108 valence electrons. The number of nitrogens with two attached hydrogens (primary N) is 1. The van der Waals surface area contributed by atoms with Gasteiger partial charge in [0.2, 0.25) is 0 Å². The van der Waals surface area contributed by atoms with Gasteiger partial charge >= 0.3 is 0 Å². The Labute approximate surface area is 121 Å². The van der Waals surface area contributed by atoms with Crippen molar-refractivity contribution in [2.24, 2.45) is 12.8 Å². The fourth-order valence-electron chi connectivity index (χ4n) is 2.34. The molecule has 2 N–H and O–H groups in total. The monoisotopic (exact) mass is 272 g/mol. The van der Waals surface area contributed by atoms with E-state index in [1.54, 1.807) is 0 Å².